The first kappa shape index (κ1) is 18.2. The highest BCUT2D eigenvalue weighted by molar-refractivity contribution is 5.84. The number of esters is 1. The molecule has 1 N–H and O–H groups in total. The van der Waals surface area contributed by atoms with Gasteiger partial charge in [-0.15, -0.1) is 0 Å². The third kappa shape index (κ3) is 2.21. The van der Waals surface area contributed by atoms with Gasteiger partial charge in [0, 0.05) is 0 Å². The summed E-state index contributed by atoms with van der Waals surface area (Å²) < 4.78 is 5.35. The van der Waals surface area contributed by atoms with E-state index < -0.39 is 0 Å². The lowest BCUT2D eigenvalue weighted by Gasteiger charge is -2.73. The van der Waals surface area contributed by atoms with Gasteiger partial charge in [0.25, 0.3) is 0 Å². The number of methoxy groups -OCH3 is 1. The molecular formula is C24H32N2O3. The van der Waals surface area contributed by atoms with E-state index in [1.54, 1.807) is 7.11 Å². The number of nitrogens with zero attached hydrogens (tertiary/aromatic N) is 1. The predicted molar refractivity (Wildman–Crippen MR) is 105 cm³/mol. The summed E-state index contributed by atoms with van der Waals surface area (Å²) in [5.41, 5.74) is -0.242. The van der Waals surface area contributed by atoms with Crippen LogP contribution in [0.4, 0.5) is 0 Å². The third-order valence-corrected chi connectivity index (χ3v) is 10.5. The summed E-state index contributed by atoms with van der Waals surface area (Å²) in [6.45, 7) is 0. The molecule has 0 aromatic carbocycles. The number of hydrogen-bond donors (Lipinski definition) is 1. The van der Waals surface area contributed by atoms with Crippen LogP contribution >= 0.6 is 0 Å². The van der Waals surface area contributed by atoms with Crippen LogP contribution in [0.3, 0.4) is 0 Å². The summed E-state index contributed by atoms with van der Waals surface area (Å²) in [6, 6.07) is 0. The molecule has 8 aliphatic rings. The lowest BCUT2D eigenvalue weighted by atomic mass is 9.31. The second kappa shape index (κ2) is 5.56. The topological polar surface area (TPSA) is 79.2 Å². The van der Waals surface area contributed by atoms with E-state index >= 15 is 0 Å². The lowest BCUT2D eigenvalue weighted by molar-refractivity contribution is -0.239. The fraction of sp³-hybridized carbons (Fsp3) is 0.875. The highest BCUT2D eigenvalue weighted by atomic mass is 16.5. The van der Waals surface area contributed by atoms with Gasteiger partial charge in [0.05, 0.1) is 17.9 Å². The van der Waals surface area contributed by atoms with Crippen LogP contribution in [-0.2, 0) is 14.3 Å². The SMILES string of the molecule is COC(=O)C12CC3CC(C1)CC(C14CC5CC(CC(C(=O)NC#N)(C5)C1)C4)(C3)C2. The molecule has 0 saturated heterocycles. The average molecular weight is 397 g/mol. The summed E-state index contributed by atoms with van der Waals surface area (Å²) in [5, 5.41) is 11.6. The molecule has 8 fully saturated rings. The second-order valence-electron chi connectivity index (χ2n) is 12.1. The number of amides is 1. The number of rotatable bonds is 3. The van der Waals surface area contributed by atoms with E-state index in [-0.39, 0.29) is 33.5 Å². The molecule has 0 aliphatic heterocycles. The molecule has 0 aromatic rings. The minimum absolute atomic E-state index is 0.0223. The molecule has 1 amide bonds. The summed E-state index contributed by atoms with van der Waals surface area (Å²) in [7, 11) is 1.56. The van der Waals surface area contributed by atoms with Crippen LogP contribution in [0.5, 0.6) is 0 Å². The Kier molecular flexibility index (Phi) is 3.49. The normalized spacial score (nSPS) is 53.5. The molecular weight excluding hydrogens is 364 g/mol. The van der Waals surface area contributed by atoms with Gasteiger partial charge in [-0.2, -0.15) is 5.26 Å². The van der Waals surface area contributed by atoms with Crippen molar-refractivity contribution in [2.75, 3.05) is 7.11 Å². The molecule has 8 rings (SSSR count). The van der Waals surface area contributed by atoms with Crippen LogP contribution < -0.4 is 5.32 Å². The molecule has 0 heterocycles. The molecule has 5 nitrogen and oxygen atoms in total. The Labute approximate surface area is 172 Å². The van der Waals surface area contributed by atoms with Crippen LogP contribution in [0.25, 0.3) is 0 Å². The number of nitriles is 1. The Balaban J connectivity index is 1.42. The largest absolute Gasteiger partial charge is 0.469 e. The van der Waals surface area contributed by atoms with Gasteiger partial charge < -0.3 is 4.74 Å². The van der Waals surface area contributed by atoms with Crippen molar-refractivity contribution in [3.8, 4) is 6.19 Å². The van der Waals surface area contributed by atoms with E-state index in [0.717, 1.165) is 38.5 Å². The first-order chi connectivity index (χ1) is 13.9. The van der Waals surface area contributed by atoms with Gasteiger partial charge >= 0.3 is 5.97 Å². The van der Waals surface area contributed by atoms with E-state index in [1.807, 2.05) is 6.19 Å². The van der Waals surface area contributed by atoms with Gasteiger partial charge in [-0.25, -0.2) is 0 Å². The Morgan fingerprint density at radius 2 is 1.28 bits per heavy atom. The van der Waals surface area contributed by atoms with Gasteiger partial charge in [0.2, 0.25) is 5.91 Å². The van der Waals surface area contributed by atoms with Crippen molar-refractivity contribution in [1.82, 2.24) is 5.32 Å². The van der Waals surface area contributed by atoms with Crippen LogP contribution in [-0.4, -0.2) is 19.0 Å². The molecule has 29 heavy (non-hydrogen) atoms. The van der Waals surface area contributed by atoms with Gasteiger partial charge in [0.1, 0.15) is 0 Å². The summed E-state index contributed by atoms with van der Waals surface area (Å²) in [4.78, 5) is 26.0. The fourth-order valence-corrected chi connectivity index (χ4v) is 10.7. The molecule has 5 heteroatoms. The van der Waals surface area contributed by atoms with Crippen LogP contribution in [0.15, 0.2) is 0 Å². The van der Waals surface area contributed by atoms with Crippen molar-refractivity contribution >= 4 is 11.9 Å². The van der Waals surface area contributed by atoms with Gasteiger partial charge in [0.15, 0.2) is 6.19 Å². The van der Waals surface area contributed by atoms with Crippen molar-refractivity contribution in [2.45, 2.75) is 77.0 Å². The Morgan fingerprint density at radius 1 is 0.828 bits per heavy atom. The summed E-state index contributed by atoms with van der Waals surface area (Å²) in [6.07, 6.45) is 15.3. The maximum absolute atomic E-state index is 13.1. The molecule has 0 aromatic heterocycles. The first-order valence-corrected chi connectivity index (χ1v) is 11.6. The maximum atomic E-state index is 13.1. The quantitative estimate of drug-likeness (QED) is 0.445. The predicted octanol–water partition coefficient (Wildman–Crippen LogP) is 3.93. The van der Waals surface area contributed by atoms with Crippen molar-refractivity contribution in [3.05, 3.63) is 0 Å². The highest BCUT2D eigenvalue weighted by Crippen LogP contribution is 2.78. The van der Waals surface area contributed by atoms with Gasteiger partial charge in [-0.3, -0.25) is 14.9 Å². The fourth-order valence-electron chi connectivity index (χ4n) is 10.7. The van der Waals surface area contributed by atoms with E-state index in [2.05, 4.69) is 5.32 Å². The van der Waals surface area contributed by atoms with E-state index in [4.69, 9.17) is 10.00 Å². The zero-order valence-electron chi connectivity index (χ0n) is 17.5. The van der Waals surface area contributed by atoms with Crippen molar-refractivity contribution < 1.29 is 14.3 Å². The van der Waals surface area contributed by atoms with Crippen molar-refractivity contribution in [3.63, 3.8) is 0 Å². The standard InChI is InChI=1S/C24H32N2O3/c1-29-20(28)22-6-17-3-18(7-22)11-24(10-17,13-22)23-8-15-2-16(9-23)5-21(4-15,12-23)19(27)26-14-25/h15-18H,2-13H2,1H3,(H,26,27). The van der Waals surface area contributed by atoms with Crippen LogP contribution in [0.1, 0.15) is 77.0 Å². The average Bonchev–Trinajstić information content (AvgIpc) is 2.65. The second-order valence-corrected chi connectivity index (χ2v) is 12.1. The molecule has 8 aliphatic carbocycles. The Morgan fingerprint density at radius 3 is 1.72 bits per heavy atom. The minimum Gasteiger partial charge on any atom is -0.469 e. The number of nitrogens with one attached hydrogen (secondary N) is 1. The van der Waals surface area contributed by atoms with Gasteiger partial charge in [-0.1, -0.05) is 0 Å². The smallest absolute Gasteiger partial charge is 0.311 e. The number of carbonyl (C=O) groups excluding carboxylic acids is 2. The molecule has 8 bridgehead atoms. The van der Waals surface area contributed by atoms with Crippen molar-refractivity contribution in [1.29, 1.82) is 5.26 Å². The van der Waals surface area contributed by atoms with Crippen molar-refractivity contribution in [2.24, 2.45) is 45.3 Å². The summed E-state index contributed by atoms with van der Waals surface area (Å²) in [5.74, 6) is 2.52. The zero-order valence-corrected chi connectivity index (χ0v) is 17.5. The minimum atomic E-state index is -0.346. The Bertz CT molecular complexity index is 798. The Hall–Kier alpha value is -1.57. The summed E-state index contributed by atoms with van der Waals surface area (Å²) >= 11 is 0. The molecule has 156 valence electrons. The lowest BCUT2D eigenvalue weighted by Crippen LogP contribution is -2.67. The number of hydrogen-bond acceptors (Lipinski definition) is 4. The molecule has 4 atom stereocenters. The van der Waals surface area contributed by atoms with E-state index in [1.165, 1.54) is 38.5 Å². The monoisotopic (exact) mass is 396 g/mol. The first-order valence-electron chi connectivity index (χ1n) is 11.6. The number of carbonyl (C=O) groups is 2. The van der Waals surface area contributed by atoms with Gasteiger partial charge in [-0.05, 0) is 112 Å². The maximum Gasteiger partial charge on any atom is 0.311 e. The molecule has 8 saturated carbocycles. The van der Waals surface area contributed by atoms with Crippen LogP contribution in [0, 0.1) is 56.8 Å². The molecule has 0 radical (unpaired) electrons. The van der Waals surface area contributed by atoms with E-state index in [0.29, 0.717) is 23.7 Å². The molecule has 4 unspecified atom stereocenters. The number of ether oxygens (including phenoxy) is 1. The zero-order chi connectivity index (χ0) is 20.1. The van der Waals surface area contributed by atoms with Crippen LogP contribution in [0.2, 0.25) is 0 Å². The highest BCUT2D eigenvalue weighted by Gasteiger charge is 2.72. The van der Waals surface area contributed by atoms with E-state index in [9.17, 15) is 9.59 Å². The molecule has 0 spiro atoms. The third-order valence-electron chi connectivity index (χ3n) is 10.5.